The second-order valence-corrected chi connectivity index (χ2v) is 10.8. The summed E-state index contributed by atoms with van der Waals surface area (Å²) >= 11 is 1.17. The predicted molar refractivity (Wildman–Crippen MR) is 139 cm³/mol. The Kier molecular flexibility index (Phi) is 8.64. The SMILES string of the molecule is CC(=O)S[C@H]1C[C@@H](C2CN(C(=O)OCc3ccc([N+](=O)[O-])cc3)C2)N(C(=O)OCc2ccc([N+](=O)[O-])cc2)C1. The fourth-order valence-electron chi connectivity index (χ4n) is 4.60. The van der Waals surface area contributed by atoms with E-state index in [1.54, 1.807) is 4.90 Å². The van der Waals surface area contributed by atoms with Gasteiger partial charge in [0.25, 0.3) is 11.4 Å². The monoisotopic (exact) mass is 558 g/mol. The fourth-order valence-corrected chi connectivity index (χ4v) is 5.60. The molecule has 0 aliphatic carbocycles. The normalized spacial score (nSPS) is 18.8. The molecule has 0 N–H and O–H groups in total. The first-order chi connectivity index (χ1) is 18.6. The number of benzene rings is 2. The van der Waals surface area contributed by atoms with Gasteiger partial charge in [0.1, 0.15) is 13.2 Å². The molecule has 0 spiro atoms. The van der Waals surface area contributed by atoms with Crippen LogP contribution in [0.4, 0.5) is 21.0 Å². The highest BCUT2D eigenvalue weighted by Gasteiger charge is 2.46. The van der Waals surface area contributed by atoms with Crippen LogP contribution in [0.2, 0.25) is 0 Å². The molecule has 4 rings (SSSR count). The van der Waals surface area contributed by atoms with Crippen LogP contribution in [0, 0.1) is 26.1 Å². The number of nitrogens with zero attached hydrogens (tertiary/aromatic N) is 4. The van der Waals surface area contributed by atoms with Crippen LogP contribution >= 0.6 is 11.8 Å². The molecular formula is C25H26N4O9S. The average Bonchev–Trinajstić information content (AvgIpc) is 3.28. The Morgan fingerprint density at radius 1 is 0.846 bits per heavy atom. The Labute approximate surface area is 227 Å². The van der Waals surface area contributed by atoms with Gasteiger partial charge in [0.15, 0.2) is 5.12 Å². The summed E-state index contributed by atoms with van der Waals surface area (Å²) in [5, 5.41) is 21.4. The van der Waals surface area contributed by atoms with E-state index >= 15 is 0 Å². The molecule has 2 saturated heterocycles. The van der Waals surface area contributed by atoms with Crippen LogP contribution in [-0.2, 0) is 27.5 Å². The molecule has 0 radical (unpaired) electrons. The van der Waals surface area contributed by atoms with Crippen LogP contribution in [0.5, 0.6) is 0 Å². The van der Waals surface area contributed by atoms with Crippen molar-refractivity contribution in [1.82, 2.24) is 9.80 Å². The number of non-ortho nitro benzene ring substituents is 2. The number of thioether (sulfide) groups is 1. The van der Waals surface area contributed by atoms with Crippen molar-refractivity contribution in [2.24, 2.45) is 5.92 Å². The lowest BCUT2D eigenvalue weighted by Gasteiger charge is -2.43. The van der Waals surface area contributed by atoms with Gasteiger partial charge in [-0.05, 0) is 41.8 Å². The molecule has 13 nitrogen and oxygen atoms in total. The van der Waals surface area contributed by atoms with Crippen LogP contribution in [0.25, 0.3) is 0 Å². The van der Waals surface area contributed by atoms with Crippen LogP contribution < -0.4 is 0 Å². The number of carbonyl (C=O) groups is 3. The van der Waals surface area contributed by atoms with E-state index in [1.807, 2.05) is 0 Å². The lowest BCUT2D eigenvalue weighted by atomic mass is 9.90. The smallest absolute Gasteiger partial charge is 0.410 e. The van der Waals surface area contributed by atoms with E-state index in [4.69, 9.17) is 9.47 Å². The zero-order valence-electron chi connectivity index (χ0n) is 21.0. The molecule has 0 saturated carbocycles. The molecule has 2 heterocycles. The molecule has 0 bridgehead atoms. The summed E-state index contributed by atoms with van der Waals surface area (Å²) in [4.78, 5) is 60.8. The Balaban J connectivity index is 1.30. The first kappa shape index (κ1) is 27.8. The highest BCUT2D eigenvalue weighted by molar-refractivity contribution is 8.14. The van der Waals surface area contributed by atoms with E-state index in [0.29, 0.717) is 37.2 Å². The summed E-state index contributed by atoms with van der Waals surface area (Å²) in [6.45, 7) is 2.45. The molecule has 0 aromatic heterocycles. The Morgan fingerprint density at radius 2 is 1.33 bits per heavy atom. The number of rotatable bonds is 8. The molecule has 39 heavy (non-hydrogen) atoms. The van der Waals surface area contributed by atoms with Gasteiger partial charge in [-0.15, -0.1) is 0 Å². The maximum absolute atomic E-state index is 13.0. The number of likely N-dealkylation sites (tertiary alicyclic amines) is 2. The van der Waals surface area contributed by atoms with E-state index in [2.05, 4.69) is 0 Å². The highest BCUT2D eigenvalue weighted by atomic mass is 32.2. The first-order valence-electron chi connectivity index (χ1n) is 12.1. The van der Waals surface area contributed by atoms with Crippen molar-refractivity contribution < 1.29 is 33.7 Å². The van der Waals surface area contributed by atoms with Crippen LogP contribution in [-0.4, -0.2) is 67.9 Å². The Morgan fingerprint density at radius 3 is 1.79 bits per heavy atom. The molecule has 2 aliphatic heterocycles. The molecule has 2 atom stereocenters. The molecule has 2 aliphatic rings. The Hall–Kier alpha value is -4.20. The lowest BCUT2D eigenvalue weighted by Crippen LogP contribution is -2.57. The average molecular weight is 559 g/mol. The third-order valence-corrected chi connectivity index (χ3v) is 7.61. The minimum absolute atomic E-state index is 0.0265. The molecule has 2 aromatic carbocycles. The summed E-state index contributed by atoms with van der Waals surface area (Å²) < 4.78 is 10.8. The third-order valence-electron chi connectivity index (χ3n) is 6.60. The van der Waals surface area contributed by atoms with Crippen molar-refractivity contribution in [3.05, 3.63) is 79.9 Å². The second-order valence-electron chi connectivity index (χ2n) is 9.31. The largest absolute Gasteiger partial charge is 0.445 e. The standard InChI is InChI=1S/C25H26N4O9S/c1-16(30)39-22-10-23(27(13-22)25(32)38-15-18-4-8-21(9-5-18)29(35)36)19-11-26(12-19)24(31)37-14-17-2-6-20(7-3-17)28(33)34/h2-9,19,22-23H,10-15H2,1H3/t22-,23-/m0/s1. The van der Waals surface area contributed by atoms with Crippen molar-refractivity contribution in [2.45, 2.75) is 37.9 Å². The molecule has 0 unspecified atom stereocenters. The number of hydrogen-bond acceptors (Lipinski definition) is 10. The van der Waals surface area contributed by atoms with Gasteiger partial charge in [-0.25, -0.2) is 9.59 Å². The predicted octanol–water partition coefficient (Wildman–Crippen LogP) is 4.13. The molecule has 2 aromatic rings. The van der Waals surface area contributed by atoms with Crippen molar-refractivity contribution in [3.63, 3.8) is 0 Å². The van der Waals surface area contributed by atoms with Gasteiger partial charge in [0.05, 0.1) is 9.85 Å². The van der Waals surface area contributed by atoms with Crippen LogP contribution in [0.1, 0.15) is 24.5 Å². The minimum atomic E-state index is -0.552. The van der Waals surface area contributed by atoms with Crippen LogP contribution in [0.3, 0.4) is 0 Å². The van der Waals surface area contributed by atoms with E-state index in [1.165, 1.54) is 72.1 Å². The maximum Gasteiger partial charge on any atom is 0.410 e. The lowest BCUT2D eigenvalue weighted by molar-refractivity contribution is -0.385. The van der Waals surface area contributed by atoms with E-state index in [0.717, 1.165) is 0 Å². The van der Waals surface area contributed by atoms with Gasteiger partial charge in [-0.3, -0.25) is 25.0 Å². The first-order valence-corrected chi connectivity index (χ1v) is 13.0. The minimum Gasteiger partial charge on any atom is -0.445 e. The third kappa shape index (κ3) is 7.02. The number of amides is 2. The highest BCUT2D eigenvalue weighted by Crippen LogP contribution is 2.36. The topological polar surface area (TPSA) is 162 Å². The fraction of sp³-hybridized carbons (Fsp3) is 0.400. The van der Waals surface area contributed by atoms with E-state index < -0.39 is 22.0 Å². The number of nitro benzene ring substituents is 2. The van der Waals surface area contributed by atoms with Crippen molar-refractivity contribution in [2.75, 3.05) is 19.6 Å². The van der Waals surface area contributed by atoms with Gasteiger partial charge in [-0.2, -0.15) is 0 Å². The maximum atomic E-state index is 13.0. The summed E-state index contributed by atoms with van der Waals surface area (Å²) in [7, 11) is 0. The number of ether oxygens (including phenoxy) is 2. The van der Waals surface area contributed by atoms with Crippen molar-refractivity contribution in [3.8, 4) is 0 Å². The second kappa shape index (κ2) is 12.1. The number of hydrogen-bond donors (Lipinski definition) is 0. The van der Waals surface area contributed by atoms with Crippen LogP contribution in [0.15, 0.2) is 48.5 Å². The summed E-state index contributed by atoms with van der Waals surface area (Å²) in [5.74, 6) is -0.0265. The quantitative estimate of drug-likeness (QED) is 0.340. The summed E-state index contributed by atoms with van der Waals surface area (Å²) in [5.41, 5.74) is 1.11. The van der Waals surface area contributed by atoms with Gasteiger partial charge in [0, 0.05) is 68.0 Å². The molecule has 14 heteroatoms. The molecule has 2 fully saturated rings. The van der Waals surface area contributed by atoms with E-state index in [-0.39, 0.29) is 46.9 Å². The van der Waals surface area contributed by atoms with Gasteiger partial charge in [0.2, 0.25) is 0 Å². The van der Waals surface area contributed by atoms with Gasteiger partial charge >= 0.3 is 12.2 Å². The summed E-state index contributed by atoms with van der Waals surface area (Å²) in [6.07, 6.45) is -0.499. The van der Waals surface area contributed by atoms with Gasteiger partial charge in [-0.1, -0.05) is 11.8 Å². The molecule has 206 valence electrons. The number of carbonyl (C=O) groups excluding carboxylic acids is 3. The number of nitro groups is 2. The molecule has 2 amide bonds. The summed E-state index contributed by atoms with van der Waals surface area (Å²) in [6, 6.07) is 11.2. The molecular weight excluding hydrogens is 532 g/mol. The van der Waals surface area contributed by atoms with Crippen molar-refractivity contribution in [1.29, 1.82) is 0 Å². The zero-order chi connectivity index (χ0) is 28.1. The van der Waals surface area contributed by atoms with E-state index in [9.17, 15) is 34.6 Å². The van der Waals surface area contributed by atoms with Gasteiger partial charge < -0.3 is 19.3 Å². The van der Waals surface area contributed by atoms with Crippen molar-refractivity contribution >= 4 is 40.4 Å². The zero-order valence-corrected chi connectivity index (χ0v) is 21.8. The Bertz CT molecular complexity index is 1250.